The van der Waals surface area contributed by atoms with Crippen LogP contribution in [0.15, 0.2) is 18.2 Å². The van der Waals surface area contributed by atoms with E-state index in [0.29, 0.717) is 0 Å². The number of nitro groups is 1. The van der Waals surface area contributed by atoms with E-state index in [-0.39, 0.29) is 16.9 Å². The van der Waals surface area contributed by atoms with E-state index in [1.165, 1.54) is 6.07 Å². The summed E-state index contributed by atoms with van der Waals surface area (Å²) in [5.74, 6) is -1.15. The molecule has 0 fully saturated rings. The number of aliphatic hydroxyl groups excluding tert-OH is 2. The van der Waals surface area contributed by atoms with Crippen LogP contribution < -0.4 is 11.5 Å². The molecule has 2 unspecified atom stereocenters. The van der Waals surface area contributed by atoms with Gasteiger partial charge < -0.3 is 21.7 Å². The average Bonchev–Trinajstić information content (AvgIpc) is 2.27. The summed E-state index contributed by atoms with van der Waals surface area (Å²) in [7, 11) is 0. The number of nitro benzene ring substituents is 1. The molecular weight excluding hydrogens is 230 g/mol. The Morgan fingerprint density at radius 3 is 2.47 bits per heavy atom. The highest BCUT2D eigenvalue weighted by Gasteiger charge is 2.26. The number of carbonyl (C=O) groups is 1. The van der Waals surface area contributed by atoms with Crippen molar-refractivity contribution in [2.45, 2.75) is 12.2 Å². The van der Waals surface area contributed by atoms with Crippen molar-refractivity contribution in [2.75, 3.05) is 5.73 Å². The van der Waals surface area contributed by atoms with E-state index in [4.69, 9.17) is 11.5 Å². The van der Waals surface area contributed by atoms with Crippen LogP contribution in [0.25, 0.3) is 0 Å². The number of hydrogen-bond donors (Lipinski definition) is 4. The van der Waals surface area contributed by atoms with Crippen molar-refractivity contribution < 1.29 is 19.9 Å². The summed E-state index contributed by atoms with van der Waals surface area (Å²) in [4.78, 5) is 20.5. The molecule has 0 saturated heterocycles. The molecule has 0 aliphatic rings. The lowest BCUT2D eigenvalue weighted by atomic mass is 10.0. The maximum Gasteiger partial charge on any atom is 0.269 e. The fourth-order valence-corrected chi connectivity index (χ4v) is 1.26. The monoisotopic (exact) mass is 241 g/mol. The molecule has 0 aromatic heterocycles. The zero-order chi connectivity index (χ0) is 13.2. The number of carbonyl (C=O) groups excluding carboxylic acids is 1. The van der Waals surface area contributed by atoms with Crippen LogP contribution in [0.3, 0.4) is 0 Å². The second-order valence-corrected chi connectivity index (χ2v) is 3.36. The number of nitrogens with zero attached hydrogens (tertiary/aromatic N) is 1. The van der Waals surface area contributed by atoms with Gasteiger partial charge in [0.2, 0.25) is 5.91 Å². The van der Waals surface area contributed by atoms with Gasteiger partial charge in [0.25, 0.3) is 5.69 Å². The topological polar surface area (TPSA) is 153 Å². The minimum Gasteiger partial charge on any atom is -0.398 e. The lowest BCUT2D eigenvalue weighted by Crippen LogP contribution is -2.34. The van der Waals surface area contributed by atoms with Gasteiger partial charge in [0.1, 0.15) is 6.10 Å². The van der Waals surface area contributed by atoms with Crippen molar-refractivity contribution in [3.8, 4) is 0 Å². The molecule has 2 atom stereocenters. The van der Waals surface area contributed by atoms with Gasteiger partial charge in [0, 0.05) is 23.4 Å². The molecule has 0 saturated carbocycles. The quantitative estimate of drug-likeness (QED) is 0.303. The lowest BCUT2D eigenvalue weighted by molar-refractivity contribution is -0.385. The summed E-state index contributed by atoms with van der Waals surface area (Å²) in [5, 5.41) is 29.4. The molecule has 0 heterocycles. The molecule has 0 aliphatic heterocycles. The Kier molecular flexibility index (Phi) is 3.61. The Bertz CT molecular complexity index is 462. The summed E-state index contributed by atoms with van der Waals surface area (Å²) in [6, 6.07) is 3.32. The molecule has 0 spiro atoms. The van der Waals surface area contributed by atoms with Gasteiger partial charge >= 0.3 is 0 Å². The van der Waals surface area contributed by atoms with E-state index < -0.39 is 23.0 Å². The van der Waals surface area contributed by atoms with Crippen LogP contribution in [0, 0.1) is 10.1 Å². The molecule has 0 aliphatic carbocycles. The van der Waals surface area contributed by atoms with Gasteiger partial charge in [-0.25, -0.2) is 0 Å². The molecule has 17 heavy (non-hydrogen) atoms. The van der Waals surface area contributed by atoms with Gasteiger partial charge in [-0.3, -0.25) is 14.9 Å². The SMILES string of the molecule is NC(=O)C(O)C(O)c1cc([N+](=O)[O-])ccc1N. The van der Waals surface area contributed by atoms with Crippen molar-refractivity contribution in [3.63, 3.8) is 0 Å². The molecule has 6 N–H and O–H groups in total. The number of non-ortho nitro benzene ring substituents is 1. The van der Waals surface area contributed by atoms with E-state index in [0.717, 1.165) is 12.1 Å². The molecule has 92 valence electrons. The molecule has 1 rings (SSSR count). The Hall–Kier alpha value is -2.19. The fraction of sp³-hybridized carbons (Fsp3) is 0.222. The maximum atomic E-state index is 10.7. The predicted octanol–water partition coefficient (Wildman–Crippen LogP) is -0.943. The predicted molar refractivity (Wildman–Crippen MR) is 57.7 cm³/mol. The van der Waals surface area contributed by atoms with Crippen molar-refractivity contribution in [2.24, 2.45) is 5.73 Å². The van der Waals surface area contributed by atoms with Gasteiger partial charge in [-0.1, -0.05) is 0 Å². The summed E-state index contributed by atoms with van der Waals surface area (Å²) in [6.45, 7) is 0. The number of amides is 1. The van der Waals surface area contributed by atoms with E-state index in [2.05, 4.69) is 0 Å². The summed E-state index contributed by atoms with van der Waals surface area (Å²) in [6.07, 6.45) is -3.58. The zero-order valence-corrected chi connectivity index (χ0v) is 8.61. The third kappa shape index (κ3) is 2.68. The van der Waals surface area contributed by atoms with Gasteiger partial charge in [0.15, 0.2) is 6.10 Å². The molecule has 0 bridgehead atoms. The Morgan fingerprint density at radius 2 is 2.00 bits per heavy atom. The molecule has 8 nitrogen and oxygen atoms in total. The van der Waals surface area contributed by atoms with Crippen LogP contribution in [0.1, 0.15) is 11.7 Å². The van der Waals surface area contributed by atoms with Gasteiger partial charge in [0.05, 0.1) is 4.92 Å². The van der Waals surface area contributed by atoms with Crippen LogP contribution in [0.2, 0.25) is 0 Å². The molecule has 8 heteroatoms. The van der Waals surface area contributed by atoms with E-state index >= 15 is 0 Å². The average molecular weight is 241 g/mol. The normalized spacial score (nSPS) is 14.0. The summed E-state index contributed by atoms with van der Waals surface area (Å²) in [5.41, 5.74) is 9.86. The zero-order valence-electron chi connectivity index (χ0n) is 8.61. The lowest BCUT2D eigenvalue weighted by Gasteiger charge is -2.16. The standard InChI is InChI=1S/C9H11N3O5/c10-6-2-1-4(12(16)17)3-5(6)7(13)8(14)9(11)15/h1-3,7-8,13-14H,10H2,(H2,11,15). The minimum absolute atomic E-state index is 0.0170. The van der Waals surface area contributed by atoms with Gasteiger partial charge in [-0.15, -0.1) is 0 Å². The van der Waals surface area contributed by atoms with E-state index in [1.54, 1.807) is 0 Å². The van der Waals surface area contributed by atoms with Crippen molar-refractivity contribution in [1.82, 2.24) is 0 Å². The number of hydrogen-bond acceptors (Lipinski definition) is 6. The number of aliphatic hydroxyl groups is 2. The first kappa shape index (κ1) is 12.9. The number of benzene rings is 1. The summed E-state index contributed by atoms with van der Waals surface area (Å²) < 4.78 is 0. The fourth-order valence-electron chi connectivity index (χ4n) is 1.26. The first-order valence-corrected chi connectivity index (χ1v) is 4.54. The highest BCUT2D eigenvalue weighted by Crippen LogP contribution is 2.27. The number of primary amides is 1. The maximum absolute atomic E-state index is 10.7. The van der Waals surface area contributed by atoms with Crippen molar-refractivity contribution >= 4 is 17.3 Å². The summed E-state index contributed by atoms with van der Waals surface area (Å²) >= 11 is 0. The second-order valence-electron chi connectivity index (χ2n) is 3.36. The third-order valence-electron chi connectivity index (χ3n) is 2.19. The first-order chi connectivity index (χ1) is 7.84. The minimum atomic E-state index is -1.88. The Morgan fingerprint density at radius 1 is 1.41 bits per heavy atom. The van der Waals surface area contributed by atoms with Crippen LogP contribution in [0.5, 0.6) is 0 Å². The Labute approximate surface area is 95.6 Å². The number of rotatable bonds is 4. The largest absolute Gasteiger partial charge is 0.398 e. The van der Waals surface area contributed by atoms with Gasteiger partial charge in [-0.2, -0.15) is 0 Å². The van der Waals surface area contributed by atoms with Crippen LogP contribution in [0.4, 0.5) is 11.4 Å². The number of anilines is 1. The molecule has 0 radical (unpaired) electrons. The Balaban J connectivity index is 3.16. The van der Waals surface area contributed by atoms with E-state index in [1.807, 2.05) is 0 Å². The number of nitrogens with two attached hydrogens (primary N) is 2. The van der Waals surface area contributed by atoms with Crippen LogP contribution in [-0.4, -0.2) is 27.1 Å². The van der Waals surface area contributed by atoms with Crippen molar-refractivity contribution in [1.29, 1.82) is 0 Å². The van der Waals surface area contributed by atoms with Crippen molar-refractivity contribution in [3.05, 3.63) is 33.9 Å². The molecular formula is C9H11N3O5. The second kappa shape index (κ2) is 4.76. The highest BCUT2D eigenvalue weighted by molar-refractivity contribution is 5.79. The smallest absolute Gasteiger partial charge is 0.269 e. The third-order valence-corrected chi connectivity index (χ3v) is 2.19. The van der Waals surface area contributed by atoms with Gasteiger partial charge in [-0.05, 0) is 6.07 Å². The van der Waals surface area contributed by atoms with E-state index in [9.17, 15) is 25.1 Å². The first-order valence-electron chi connectivity index (χ1n) is 4.54. The number of nitrogen functional groups attached to an aromatic ring is 1. The highest BCUT2D eigenvalue weighted by atomic mass is 16.6. The van der Waals surface area contributed by atoms with Crippen LogP contribution >= 0.6 is 0 Å². The molecule has 1 aromatic carbocycles. The molecule has 1 amide bonds. The van der Waals surface area contributed by atoms with Crippen LogP contribution in [-0.2, 0) is 4.79 Å². The molecule has 1 aromatic rings.